The van der Waals surface area contributed by atoms with Crippen LogP contribution in [0, 0.1) is 6.92 Å². The van der Waals surface area contributed by atoms with Crippen molar-refractivity contribution in [1.29, 1.82) is 0 Å². The highest BCUT2D eigenvalue weighted by molar-refractivity contribution is 7.88. The number of methoxy groups -OCH3 is 1. The van der Waals surface area contributed by atoms with Gasteiger partial charge in [-0.25, -0.2) is 13.2 Å². The second-order valence-corrected chi connectivity index (χ2v) is 10.9. The highest BCUT2D eigenvalue weighted by atomic mass is 32.2. The zero-order valence-electron chi connectivity index (χ0n) is 17.2. The number of cyclic esters (lactones) is 1. The quantitative estimate of drug-likeness (QED) is 0.280. The number of rotatable bonds is 9. The van der Waals surface area contributed by atoms with Crippen LogP contribution in [0.2, 0.25) is 0 Å². The van der Waals surface area contributed by atoms with Crippen molar-refractivity contribution in [3.63, 3.8) is 0 Å². The number of ether oxygens (including phenoxy) is 2. The first-order chi connectivity index (χ1) is 13.8. The van der Waals surface area contributed by atoms with Gasteiger partial charge in [-0.05, 0) is 25.8 Å². The van der Waals surface area contributed by atoms with Gasteiger partial charge in [0.2, 0.25) is 10.0 Å². The van der Waals surface area contributed by atoms with Crippen LogP contribution < -0.4 is 4.74 Å². The molecule has 0 aromatic heterocycles. The zero-order valence-corrected chi connectivity index (χ0v) is 18.9. The van der Waals surface area contributed by atoms with E-state index < -0.39 is 29.8 Å². The Kier molecular flexibility index (Phi) is 7.36. The number of allylic oxidation sites excluding steroid dienone is 1. The molecular weight excluding hydrogens is 437 g/mol. The van der Waals surface area contributed by atoms with E-state index in [-0.39, 0.29) is 37.4 Å². The Labute approximate surface area is 175 Å². The maximum Gasteiger partial charge on any atom is 0.342 e. The molecule has 0 saturated carbocycles. The summed E-state index contributed by atoms with van der Waals surface area (Å²) in [5, 5.41) is 10.6. The van der Waals surface area contributed by atoms with Crippen molar-refractivity contribution in [3.05, 3.63) is 33.9 Å². The van der Waals surface area contributed by atoms with Gasteiger partial charge in [0.15, 0.2) is 0 Å². The Morgan fingerprint density at radius 2 is 2.00 bits per heavy atom. The summed E-state index contributed by atoms with van der Waals surface area (Å²) in [5.41, 5.74) is 2.31. The minimum Gasteiger partial charge on any atom is -0.507 e. The van der Waals surface area contributed by atoms with Crippen molar-refractivity contribution in [2.75, 3.05) is 32.6 Å². The minimum absolute atomic E-state index is 0.0575. The summed E-state index contributed by atoms with van der Waals surface area (Å²) < 4.78 is 46.4. The Morgan fingerprint density at radius 1 is 1.37 bits per heavy atom. The van der Waals surface area contributed by atoms with Crippen LogP contribution in [0.1, 0.15) is 34.0 Å². The molecule has 1 aliphatic rings. The topological polar surface area (TPSA) is 151 Å². The molecule has 0 spiro atoms. The molecule has 0 unspecified atom stereocenters. The average Bonchev–Trinajstić information content (AvgIpc) is 3.00. The largest absolute Gasteiger partial charge is 0.507 e. The Bertz CT molecular complexity index is 1030. The monoisotopic (exact) mass is 463 g/mol. The van der Waals surface area contributed by atoms with Gasteiger partial charge in [-0.15, -0.1) is 0 Å². The van der Waals surface area contributed by atoms with Crippen LogP contribution in [0.4, 0.5) is 0 Å². The summed E-state index contributed by atoms with van der Waals surface area (Å²) in [6.45, 7) is 3.07. The molecule has 30 heavy (non-hydrogen) atoms. The van der Waals surface area contributed by atoms with Gasteiger partial charge >= 0.3 is 13.6 Å². The summed E-state index contributed by atoms with van der Waals surface area (Å²) in [4.78, 5) is 30.0. The summed E-state index contributed by atoms with van der Waals surface area (Å²) in [6.07, 6.45) is 2.19. The van der Waals surface area contributed by atoms with Crippen LogP contribution in [0.25, 0.3) is 0 Å². The smallest absolute Gasteiger partial charge is 0.342 e. The van der Waals surface area contributed by atoms with E-state index in [9.17, 15) is 22.9 Å². The molecule has 0 aliphatic carbocycles. The third kappa shape index (κ3) is 5.61. The summed E-state index contributed by atoms with van der Waals surface area (Å²) in [5.74, 6) is -0.438. The Balaban J connectivity index is 2.30. The lowest BCUT2D eigenvalue weighted by atomic mass is 9.95. The second-order valence-electron chi connectivity index (χ2n) is 7.15. The van der Waals surface area contributed by atoms with Gasteiger partial charge in [-0.3, -0.25) is 4.57 Å². The van der Waals surface area contributed by atoms with Crippen molar-refractivity contribution in [1.82, 2.24) is 4.31 Å². The molecule has 0 bridgehead atoms. The predicted molar refractivity (Wildman–Crippen MR) is 109 cm³/mol. The SMILES string of the molecule is COc1c(C)c2c(c(O)c1CC=C(C)CN(CCP(=O)(O)O)S(C)(=O)=O)C(=O)OC2. The van der Waals surface area contributed by atoms with Gasteiger partial charge in [0.1, 0.15) is 23.7 Å². The van der Waals surface area contributed by atoms with Crippen LogP contribution in [0.3, 0.4) is 0 Å². The predicted octanol–water partition coefficient (Wildman–Crippen LogP) is 1.31. The Hall–Kier alpha value is -1.91. The van der Waals surface area contributed by atoms with Gasteiger partial charge in [0.05, 0.1) is 19.5 Å². The van der Waals surface area contributed by atoms with E-state index in [1.54, 1.807) is 19.9 Å². The number of sulfonamides is 1. The number of esters is 1. The second kappa shape index (κ2) is 9.07. The number of hydrogen-bond acceptors (Lipinski definition) is 7. The van der Waals surface area contributed by atoms with Crippen LogP contribution in [-0.2, 0) is 32.4 Å². The molecule has 168 valence electrons. The lowest BCUT2D eigenvalue weighted by molar-refractivity contribution is 0.0532. The van der Waals surface area contributed by atoms with Crippen molar-refractivity contribution in [3.8, 4) is 11.5 Å². The number of benzene rings is 1. The van der Waals surface area contributed by atoms with E-state index in [2.05, 4.69) is 0 Å². The van der Waals surface area contributed by atoms with Gasteiger partial charge in [-0.2, -0.15) is 4.31 Å². The van der Waals surface area contributed by atoms with Gasteiger partial charge < -0.3 is 24.4 Å². The number of phenolic OH excluding ortho intramolecular Hbond substituents is 1. The van der Waals surface area contributed by atoms with E-state index in [0.717, 1.165) is 10.6 Å². The molecule has 0 amide bonds. The fraction of sp³-hybridized carbons (Fsp3) is 0.500. The van der Waals surface area contributed by atoms with E-state index in [4.69, 9.17) is 19.3 Å². The summed E-state index contributed by atoms with van der Waals surface area (Å²) in [6, 6.07) is 0. The molecule has 12 heteroatoms. The molecule has 10 nitrogen and oxygen atoms in total. The number of hydrogen-bond donors (Lipinski definition) is 3. The molecule has 0 radical (unpaired) electrons. The van der Waals surface area contributed by atoms with E-state index in [1.165, 1.54) is 7.11 Å². The minimum atomic E-state index is -4.35. The van der Waals surface area contributed by atoms with Crippen molar-refractivity contribution >= 4 is 23.6 Å². The third-order valence-corrected chi connectivity index (χ3v) is 6.87. The summed E-state index contributed by atoms with van der Waals surface area (Å²) in [7, 11) is -6.60. The van der Waals surface area contributed by atoms with Gasteiger partial charge in [0.25, 0.3) is 0 Å². The first-order valence-electron chi connectivity index (χ1n) is 9.00. The molecule has 0 saturated heterocycles. The summed E-state index contributed by atoms with van der Waals surface area (Å²) >= 11 is 0. The maximum absolute atomic E-state index is 12.0. The van der Waals surface area contributed by atoms with Crippen molar-refractivity contribution in [2.24, 2.45) is 0 Å². The number of carbonyl (C=O) groups excluding carboxylic acids is 1. The fourth-order valence-corrected chi connectivity index (χ4v) is 4.75. The van der Waals surface area contributed by atoms with E-state index in [0.29, 0.717) is 28.0 Å². The molecule has 1 aliphatic heterocycles. The lowest BCUT2D eigenvalue weighted by Crippen LogP contribution is -2.34. The molecule has 2 rings (SSSR count). The number of aromatic hydroxyl groups is 1. The molecule has 3 N–H and O–H groups in total. The molecule has 1 aromatic carbocycles. The average molecular weight is 463 g/mol. The standard InChI is InChI=1S/C18H26NO9PS/c1-11(9-19(30(4,25)26)7-8-29(22,23)24)5-6-13-16(20)15-14(10-28-18(15)21)12(2)17(13)27-3/h5,20H,6-10H2,1-4H3,(H2,22,23,24). The van der Waals surface area contributed by atoms with Crippen molar-refractivity contribution in [2.45, 2.75) is 26.9 Å². The number of phenols is 1. The van der Waals surface area contributed by atoms with Gasteiger partial charge in [0, 0.05) is 24.2 Å². The number of carbonyl (C=O) groups is 1. The first kappa shape index (κ1) is 24.4. The lowest BCUT2D eigenvalue weighted by Gasteiger charge is -2.21. The molecule has 0 atom stereocenters. The van der Waals surface area contributed by atoms with Crippen LogP contribution in [0.15, 0.2) is 11.6 Å². The fourth-order valence-electron chi connectivity index (χ4n) is 3.25. The highest BCUT2D eigenvalue weighted by Gasteiger charge is 2.32. The molecule has 0 fully saturated rings. The van der Waals surface area contributed by atoms with Crippen molar-refractivity contribution < 1.29 is 42.1 Å². The first-order valence-corrected chi connectivity index (χ1v) is 12.6. The third-order valence-electron chi connectivity index (χ3n) is 4.84. The highest BCUT2D eigenvalue weighted by Crippen LogP contribution is 2.42. The van der Waals surface area contributed by atoms with Crippen LogP contribution >= 0.6 is 7.60 Å². The molecule has 1 heterocycles. The molecular formula is C18H26NO9PS. The van der Waals surface area contributed by atoms with E-state index in [1.807, 2.05) is 0 Å². The number of fused-ring (bicyclic) bond motifs is 1. The zero-order chi connectivity index (χ0) is 22.9. The number of nitrogens with zero attached hydrogens (tertiary/aromatic N) is 1. The normalized spacial score (nSPS) is 14.8. The van der Waals surface area contributed by atoms with Crippen LogP contribution in [-0.4, -0.2) is 66.2 Å². The maximum atomic E-state index is 12.0. The van der Waals surface area contributed by atoms with Gasteiger partial charge in [-0.1, -0.05) is 11.6 Å². The van der Waals surface area contributed by atoms with E-state index >= 15 is 0 Å². The Morgan fingerprint density at radius 3 is 2.53 bits per heavy atom. The molecule has 1 aromatic rings. The van der Waals surface area contributed by atoms with Crippen LogP contribution in [0.5, 0.6) is 11.5 Å².